The molecule has 20 heavy (non-hydrogen) atoms. The number of aryl methyl sites for hydroxylation is 1. The van der Waals surface area contributed by atoms with Gasteiger partial charge in [-0.25, -0.2) is 8.91 Å². The van der Waals surface area contributed by atoms with Crippen molar-refractivity contribution in [2.45, 2.75) is 25.7 Å². The zero-order valence-electron chi connectivity index (χ0n) is 11.1. The Bertz CT molecular complexity index is 862. The van der Waals surface area contributed by atoms with Crippen LogP contribution in [0.25, 0.3) is 16.3 Å². The van der Waals surface area contributed by atoms with Gasteiger partial charge in [0.1, 0.15) is 5.82 Å². The number of carbonyl (C=O) groups is 1. The standard InChI is InChI=1S/C16H13FN2O/c1-9-14(8-20)16-13-7-12(17)5-4-11(13)6-15(10-2-3-10)19(16)18-9/h4-8,10H,2-3H2,1H3. The van der Waals surface area contributed by atoms with Gasteiger partial charge in [-0.15, -0.1) is 0 Å². The lowest BCUT2D eigenvalue weighted by Crippen LogP contribution is -1.98. The Kier molecular flexibility index (Phi) is 2.25. The third-order valence-corrected chi connectivity index (χ3v) is 4.04. The van der Waals surface area contributed by atoms with Gasteiger partial charge >= 0.3 is 0 Å². The highest BCUT2D eigenvalue weighted by atomic mass is 19.1. The first-order valence-corrected chi connectivity index (χ1v) is 6.75. The van der Waals surface area contributed by atoms with E-state index in [-0.39, 0.29) is 5.82 Å². The third kappa shape index (κ3) is 1.51. The SMILES string of the molecule is Cc1nn2c(C3CC3)cc3ccc(F)cc3c2c1C=O. The van der Waals surface area contributed by atoms with E-state index in [9.17, 15) is 9.18 Å². The Hall–Kier alpha value is -2.23. The summed E-state index contributed by atoms with van der Waals surface area (Å²) in [6.07, 6.45) is 3.12. The molecular weight excluding hydrogens is 255 g/mol. The number of fused-ring (bicyclic) bond motifs is 3. The van der Waals surface area contributed by atoms with Crippen LogP contribution < -0.4 is 0 Å². The molecule has 0 aliphatic heterocycles. The Labute approximate surface area is 115 Å². The van der Waals surface area contributed by atoms with Crippen molar-refractivity contribution in [1.29, 1.82) is 0 Å². The van der Waals surface area contributed by atoms with Crippen molar-refractivity contribution in [2.75, 3.05) is 0 Å². The summed E-state index contributed by atoms with van der Waals surface area (Å²) in [4.78, 5) is 11.4. The lowest BCUT2D eigenvalue weighted by Gasteiger charge is -2.08. The van der Waals surface area contributed by atoms with E-state index < -0.39 is 0 Å². The third-order valence-electron chi connectivity index (χ3n) is 4.04. The Morgan fingerprint density at radius 3 is 2.85 bits per heavy atom. The van der Waals surface area contributed by atoms with E-state index in [0.29, 0.717) is 17.2 Å². The summed E-state index contributed by atoms with van der Waals surface area (Å²) >= 11 is 0. The molecule has 3 nitrogen and oxygen atoms in total. The first kappa shape index (κ1) is 11.6. The van der Waals surface area contributed by atoms with Crippen LogP contribution in [0.5, 0.6) is 0 Å². The second kappa shape index (κ2) is 3.88. The summed E-state index contributed by atoms with van der Waals surface area (Å²) in [6.45, 7) is 1.82. The second-order valence-electron chi connectivity index (χ2n) is 5.45. The Morgan fingerprint density at radius 1 is 1.35 bits per heavy atom. The van der Waals surface area contributed by atoms with Crippen LogP contribution >= 0.6 is 0 Å². The van der Waals surface area contributed by atoms with E-state index in [0.717, 1.165) is 41.1 Å². The van der Waals surface area contributed by atoms with E-state index >= 15 is 0 Å². The quantitative estimate of drug-likeness (QED) is 0.665. The molecule has 2 aromatic heterocycles. The zero-order valence-corrected chi connectivity index (χ0v) is 11.1. The zero-order chi connectivity index (χ0) is 13.9. The minimum absolute atomic E-state index is 0.297. The van der Waals surface area contributed by atoms with Crippen molar-refractivity contribution >= 4 is 22.6 Å². The van der Waals surface area contributed by atoms with Crippen LogP contribution in [0.15, 0.2) is 24.3 Å². The summed E-state index contributed by atoms with van der Waals surface area (Å²) in [5, 5.41) is 6.20. The average Bonchev–Trinajstić information content (AvgIpc) is 3.20. The molecule has 0 spiro atoms. The van der Waals surface area contributed by atoms with Gasteiger partial charge in [-0.05, 0) is 43.4 Å². The van der Waals surface area contributed by atoms with Crippen LogP contribution in [0.1, 0.15) is 40.5 Å². The van der Waals surface area contributed by atoms with E-state index in [1.165, 1.54) is 12.1 Å². The van der Waals surface area contributed by atoms with Gasteiger partial charge in [-0.1, -0.05) is 6.07 Å². The molecule has 1 saturated carbocycles. The number of pyridine rings is 1. The Morgan fingerprint density at radius 2 is 2.15 bits per heavy atom. The fourth-order valence-corrected chi connectivity index (χ4v) is 2.88. The van der Waals surface area contributed by atoms with Gasteiger partial charge in [0.2, 0.25) is 0 Å². The highest BCUT2D eigenvalue weighted by molar-refractivity contribution is 6.04. The first-order chi connectivity index (χ1) is 9.69. The molecule has 1 aliphatic rings. The number of carbonyl (C=O) groups excluding carboxylic acids is 1. The Balaban J connectivity index is 2.24. The molecule has 0 radical (unpaired) electrons. The van der Waals surface area contributed by atoms with Crippen molar-refractivity contribution in [2.24, 2.45) is 0 Å². The molecule has 100 valence electrons. The average molecular weight is 268 g/mol. The van der Waals surface area contributed by atoms with Gasteiger partial charge < -0.3 is 0 Å². The summed E-state index contributed by atoms with van der Waals surface area (Å²) in [6, 6.07) is 6.78. The van der Waals surface area contributed by atoms with Gasteiger partial charge in [-0.3, -0.25) is 4.79 Å². The van der Waals surface area contributed by atoms with Crippen LogP contribution in [-0.2, 0) is 0 Å². The summed E-state index contributed by atoms with van der Waals surface area (Å²) in [7, 11) is 0. The van der Waals surface area contributed by atoms with Gasteiger partial charge in [0.15, 0.2) is 6.29 Å². The predicted octanol–water partition coefficient (Wildman–Crippen LogP) is 3.62. The predicted molar refractivity (Wildman–Crippen MR) is 74.8 cm³/mol. The first-order valence-electron chi connectivity index (χ1n) is 6.75. The minimum atomic E-state index is -0.297. The number of aldehydes is 1. The van der Waals surface area contributed by atoms with Gasteiger partial charge in [0.25, 0.3) is 0 Å². The maximum absolute atomic E-state index is 13.6. The molecule has 4 rings (SSSR count). The molecule has 0 N–H and O–H groups in total. The molecule has 0 unspecified atom stereocenters. The minimum Gasteiger partial charge on any atom is -0.298 e. The van der Waals surface area contributed by atoms with E-state index in [1.807, 2.05) is 11.4 Å². The van der Waals surface area contributed by atoms with E-state index in [2.05, 4.69) is 11.2 Å². The maximum Gasteiger partial charge on any atom is 0.154 e. The highest BCUT2D eigenvalue weighted by Gasteiger charge is 2.28. The topological polar surface area (TPSA) is 34.4 Å². The number of nitrogens with zero attached hydrogens (tertiary/aromatic N) is 2. The number of hydrogen-bond acceptors (Lipinski definition) is 2. The smallest absolute Gasteiger partial charge is 0.154 e. The molecular formula is C16H13FN2O. The summed E-state index contributed by atoms with van der Waals surface area (Å²) < 4.78 is 15.4. The molecule has 1 aliphatic carbocycles. The number of halogens is 1. The van der Waals surface area contributed by atoms with Crippen molar-refractivity contribution in [1.82, 2.24) is 9.61 Å². The van der Waals surface area contributed by atoms with Crippen LogP contribution in [-0.4, -0.2) is 15.9 Å². The molecule has 1 aromatic carbocycles. The molecule has 2 heterocycles. The molecule has 0 amide bonds. The van der Waals surface area contributed by atoms with Crippen molar-refractivity contribution in [3.05, 3.63) is 47.0 Å². The maximum atomic E-state index is 13.6. The fourth-order valence-electron chi connectivity index (χ4n) is 2.88. The van der Waals surface area contributed by atoms with Gasteiger partial charge in [-0.2, -0.15) is 5.10 Å². The van der Waals surface area contributed by atoms with Gasteiger partial charge in [0, 0.05) is 17.0 Å². The number of hydrogen-bond donors (Lipinski definition) is 0. The van der Waals surface area contributed by atoms with Crippen molar-refractivity contribution in [3.8, 4) is 0 Å². The molecule has 3 aromatic rings. The van der Waals surface area contributed by atoms with Crippen LogP contribution in [0, 0.1) is 12.7 Å². The van der Waals surface area contributed by atoms with E-state index in [1.54, 1.807) is 6.07 Å². The monoisotopic (exact) mass is 268 g/mol. The summed E-state index contributed by atoms with van der Waals surface area (Å²) in [5.41, 5.74) is 3.11. The molecule has 0 atom stereocenters. The molecule has 0 saturated heterocycles. The van der Waals surface area contributed by atoms with Crippen LogP contribution in [0.4, 0.5) is 4.39 Å². The number of rotatable bonds is 2. The molecule has 1 fully saturated rings. The number of aromatic nitrogens is 2. The summed E-state index contributed by atoms with van der Waals surface area (Å²) in [5.74, 6) is 0.208. The van der Waals surface area contributed by atoms with E-state index in [4.69, 9.17) is 0 Å². The normalized spacial score (nSPS) is 15.1. The number of benzene rings is 1. The lowest BCUT2D eigenvalue weighted by atomic mass is 10.1. The largest absolute Gasteiger partial charge is 0.298 e. The van der Waals surface area contributed by atoms with Crippen LogP contribution in [0.2, 0.25) is 0 Å². The highest BCUT2D eigenvalue weighted by Crippen LogP contribution is 2.42. The molecule has 4 heteroatoms. The van der Waals surface area contributed by atoms with Crippen LogP contribution in [0.3, 0.4) is 0 Å². The van der Waals surface area contributed by atoms with Crippen molar-refractivity contribution < 1.29 is 9.18 Å². The fraction of sp³-hybridized carbons (Fsp3) is 0.250. The van der Waals surface area contributed by atoms with Crippen molar-refractivity contribution in [3.63, 3.8) is 0 Å². The second-order valence-corrected chi connectivity index (χ2v) is 5.45. The van der Waals surface area contributed by atoms with Gasteiger partial charge in [0.05, 0.1) is 16.8 Å². The molecule has 0 bridgehead atoms. The lowest BCUT2D eigenvalue weighted by molar-refractivity contribution is 0.112.